The van der Waals surface area contributed by atoms with Crippen LogP contribution in [0.5, 0.6) is 0 Å². The molecule has 1 aliphatic rings. The minimum Gasteiger partial charge on any atom is -0.309 e. The van der Waals surface area contributed by atoms with Gasteiger partial charge in [-0.3, -0.25) is 4.79 Å². The fraction of sp³-hybridized carbons (Fsp3) is 0.0588. The van der Waals surface area contributed by atoms with Crippen LogP contribution in [0.2, 0.25) is 0 Å². The van der Waals surface area contributed by atoms with Gasteiger partial charge in [0.15, 0.2) is 5.71 Å². The topological polar surface area (TPSA) is 37.6 Å². The molecule has 5 aromatic rings. The van der Waals surface area contributed by atoms with Crippen molar-refractivity contribution < 1.29 is 18.0 Å². The molecule has 202 valence electrons. The van der Waals surface area contributed by atoms with Crippen molar-refractivity contribution in [3.63, 3.8) is 0 Å². The lowest BCUT2D eigenvalue weighted by Gasteiger charge is -2.15. The smallest absolute Gasteiger partial charge is 0.309 e. The molecule has 1 amide bonds. The first kappa shape index (κ1) is 26.1. The first-order valence-electron chi connectivity index (χ1n) is 13.0. The molecule has 0 radical (unpaired) electrons. The lowest BCUT2D eigenvalue weighted by molar-refractivity contribution is -0.114. The van der Waals surface area contributed by atoms with Crippen LogP contribution in [0.4, 0.5) is 18.9 Å². The van der Waals surface area contributed by atoms with E-state index in [2.05, 4.69) is 5.10 Å². The number of amides is 1. The highest BCUT2D eigenvalue weighted by Crippen LogP contribution is 2.39. The number of rotatable bonds is 5. The summed E-state index contributed by atoms with van der Waals surface area (Å²) in [5.74, 6) is -0.841. The molecule has 0 bridgehead atoms. The molecule has 0 N–H and O–H groups in total. The predicted molar refractivity (Wildman–Crippen MR) is 157 cm³/mol. The molecule has 0 spiro atoms. The van der Waals surface area contributed by atoms with Gasteiger partial charge in [-0.15, -0.1) is 0 Å². The molecule has 1 aliphatic heterocycles. The number of carbonyl (C=O) groups excluding carboxylic acids is 1. The zero-order valence-electron chi connectivity index (χ0n) is 22.0. The Morgan fingerprint density at radius 2 is 1.27 bits per heavy atom. The van der Waals surface area contributed by atoms with Crippen molar-refractivity contribution in [1.29, 1.82) is 0 Å². The molecule has 0 saturated heterocycles. The Labute approximate surface area is 235 Å². The van der Waals surface area contributed by atoms with Crippen molar-refractivity contribution in [3.8, 4) is 28.2 Å². The number of carbonyl (C=O) groups is 1. The second kappa shape index (κ2) is 10.4. The van der Waals surface area contributed by atoms with E-state index in [-0.39, 0.29) is 5.69 Å². The third kappa shape index (κ3) is 4.98. The maximum Gasteiger partial charge on any atom is 0.435 e. The lowest BCUT2D eigenvalue weighted by Crippen LogP contribution is -2.25. The SMILES string of the molecule is Cc1ccc(-n2c(-c3ccccc3)cc(/C=C3\C(=O)N(c4ccccc4)N=C3C(F)(F)F)c2-c2ccccc2)cc1. The number of halogens is 3. The van der Waals surface area contributed by atoms with Crippen LogP contribution in [0.15, 0.2) is 132 Å². The first-order chi connectivity index (χ1) is 19.8. The summed E-state index contributed by atoms with van der Waals surface area (Å²) >= 11 is 0. The molecule has 6 rings (SSSR count). The van der Waals surface area contributed by atoms with Gasteiger partial charge in [-0.2, -0.15) is 23.3 Å². The van der Waals surface area contributed by atoms with Gasteiger partial charge in [-0.25, -0.2) is 0 Å². The quantitative estimate of drug-likeness (QED) is 0.203. The molecular weight excluding hydrogens is 523 g/mol. The molecule has 7 heteroatoms. The van der Waals surface area contributed by atoms with Gasteiger partial charge in [-0.05, 0) is 54.5 Å². The Bertz CT molecular complexity index is 1770. The van der Waals surface area contributed by atoms with E-state index < -0.39 is 23.4 Å². The molecular formula is C34H24F3N3O. The number of nitrogens with zero attached hydrogens (tertiary/aromatic N) is 3. The van der Waals surface area contributed by atoms with Crippen molar-refractivity contribution in [3.05, 3.63) is 138 Å². The number of hydrogen-bond acceptors (Lipinski definition) is 2. The van der Waals surface area contributed by atoms with Crippen LogP contribution in [0, 0.1) is 6.92 Å². The summed E-state index contributed by atoms with van der Waals surface area (Å²) < 4.78 is 44.9. The largest absolute Gasteiger partial charge is 0.435 e. The van der Waals surface area contributed by atoms with Gasteiger partial charge in [0, 0.05) is 11.3 Å². The highest BCUT2D eigenvalue weighted by molar-refractivity contribution is 6.34. The standard InChI is InChI=1S/C34H24F3N3O/c1-23-17-19-27(20-18-23)39-30(24-11-5-2-6-12-24)22-26(31(39)25-13-7-3-8-14-25)21-29-32(34(35,36)37)38-40(33(29)41)28-15-9-4-10-16-28/h2-22H,1H3/b29-21-. The molecule has 2 heterocycles. The Hall–Kier alpha value is -5.17. The van der Waals surface area contributed by atoms with Crippen LogP contribution in [0.1, 0.15) is 11.1 Å². The third-order valence-corrected chi connectivity index (χ3v) is 6.89. The number of para-hydroxylation sites is 1. The molecule has 0 saturated carbocycles. The van der Waals surface area contributed by atoms with Crippen molar-refractivity contribution in [2.75, 3.05) is 5.01 Å². The summed E-state index contributed by atoms with van der Waals surface area (Å²) in [4.78, 5) is 13.5. The van der Waals surface area contributed by atoms with Gasteiger partial charge >= 0.3 is 6.18 Å². The third-order valence-electron chi connectivity index (χ3n) is 6.89. The fourth-order valence-corrected chi connectivity index (χ4v) is 4.97. The van der Waals surface area contributed by atoms with E-state index >= 15 is 0 Å². The number of aromatic nitrogens is 1. The predicted octanol–water partition coefficient (Wildman–Crippen LogP) is 8.47. The molecule has 0 atom stereocenters. The van der Waals surface area contributed by atoms with Gasteiger partial charge in [0.1, 0.15) is 0 Å². The number of anilines is 1. The Balaban J connectivity index is 1.63. The van der Waals surface area contributed by atoms with Crippen LogP contribution in [0.25, 0.3) is 34.3 Å². The van der Waals surface area contributed by atoms with Crippen molar-refractivity contribution >= 4 is 23.4 Å². The fourth-order valence-electron chi connectivity index (χ4n) is 4.97. The van der Waals surface area contributed by atoms with Crippen LogP contribution in [-0.4, -0.2) is 22.4 Å². The number of aryl methyl sites for hydroxylation is 1. The summed E-state index contributed by atoms with van der Waals surface area (Å²) in [6, 6.07) is 37.0. The second-order valence-electron chi connectivity index (χ2n) is 9.69. The van der Waals surface area contributed by atoms with Crippen LogP contribution in [-0.2, 0) is 4.79 Å². The number of hydrogen-bond donors (Lipinski definition) is 0. The average Bonchev–Trinajstić information content (AvgIpc) is 3.53. The summed E-state index contributed by atoms with van der Waals surface area (Å²) in [6.45, 7) is 1.99. The molecule has 4 aromatic carbocycles. The average molecular weight is 548 g/mol. The summed E-state index contributed by atoms with van der Waals surface area (Å²) in [7, 11) is 0. The highest BCUT2D eigenvalue weighted by Gasteiger charge is 2.47. The molecule has 0 unspecified atom stereocenters. The minimum absolute atomic E-state index is 0.258. The number of benzene rings is 4. The van der Waals surface area contributed by atoms with E-state index in [1.807, 2.05) is 102 Å². The number of hydrazone groups is 1. The van der Waals surface area contributed by atoms with E-state index in [0.29, 0.717) is 11.3 Å². The van der Waals surface area contributed by atoms with Crippen molar-refractivity contribution in [2.45, 2.75) is 13.1 Å². The minimum atomic E-state index is -4.83. The summed E-state index contributed by atoms with van der Waals surface area (Å²) in [6.07, 6.45) is -3.52. The molecule has 0 fully saturated rings. The molecule has 4 nitrogen and oxygen atoms in total. The van der Waals surface area contributed by atoms with Gasteiger partial charge < -0.3 is 4.57 Å². The van der Waals surface area contributed by atoms with Gasteiger partial charge in [0.25, 0.3) is 5.91 Å². The first-order valence-corrected chi connectivity index (χ1v) is 13.0. The zero-order valence-corrected chi connectivity index (χ0v) is 22.0. The van der Waals surface area contributed by atoms with Crippen LogP contribution >= 0.6 is 0 Å². The summed E-state index contributed by atoms with van der Waals surface area (Å²) in [5, 5.41) is 4.56. The highest BCUT2D eigenvalue weighted by atomic mass is 19.4. The van der Waals surface area contributed by atoms with E-state index in [4.69, 9.17) is 0 Å². The molecule has 1 aromatic heterocycles. The van der Waals surface area contributed by atoms with Gasteiger partial charge in [-0.1, -0.05) is 96.6 Å². The normalized spacial score (nSPS) is 14.5. The van der Waals surface area contributed by atoms with Gasteiger partial charge in [0.05, 0.1) is 22.6 Å². The Morgan fingerprint density at radius 1 is 0.707 bits per heavy atom. The zero-order chi connectivity index (χ0) is 28.6. The Morgan fingerprint density at radius 3 is 1.85 bits per heavy atom. The Kier molecular flexibility index (Phi) is 6.63. The number of alkyl halides is 3. The van der Waals surface area contributed by atoms with E-state index in [1.165, 1.54) is 6.08 Å². The monoisotopic (exact) mass is 547 g/mol. The second-order valence-corrected chi connectivity index (χ2v) is 9.69. The molecule has 41 heavy (non-hydrogen) atoms. The summed E-state index contributed by atoms with van der Waals surface area (Å²) in [5.41, 5.74) is 4.00. The van der Waals surface area contributed by atoms with Gasteiger partial charge in [0.2, 0.25) is 0 Å². The molecule has 0 aliphatic carbocycles. The van der Waals surface area contributed by atoms with E-state index in [1.54, 1.807) is 30.3 Å². The van der Waals surface area contributed by atoms with Crippen molar-refractivity contribution in [1.82, 2.24) is 4.57 Å². The van der Waals surface area contributed by atoms with Crippen molar-refractivity contribution in [2.24, 2.45) is 5.10 Å². The van der Waals surface area contributed by atoms with Crippen LogP contribution < -0.4 is 5.01 Å². The van der Waals surface area contributed by atoms with Crippen LogP contribution in [0.3, 0.4) is 0 Å². The lowest BCUT2D eigenvalue weighted by atomic mass is 10.0. The maximum atomic E-state index is 14.3. The van der Waals surface area contributed by atoms with E-state index in [9.17, 15) is 18.0 Å². The maximum absolute atomic E-state index is 14.3. The van der Waals surface area contributed by atoms with E-state index in [0.717, 1.165) is 33.1 Å².